The molecule has 3 nitrogen and oxygen atoms in total. The van der Waals surface area contributed by atoms with E-state index in [-0.39, 0.29) is 0 Å². The molecule has 0 aromatic rings. The Morgan fingerprint density at radius 1 is 1.86 bits per heavy atom. The Kier molecular flexibility index (Phi) is 3.14. The summed E-state index contributed by atoms with van der Waals surface area (Å²) in [4.78, 5) is 0. The molecule has 0 fully saturated rings. The quantitative estimate of drug-likeness (QED) is 0.268. The van der Waals surface area contributed by atoms with Crippen LogP contribution in [-0.2, 0) is 0 Å². The van der Waals surface area contributed by atoms with Gasteiger partial charge in [0, 0.05) is 0 Å². The maximum Gasteiger partial charge on any atom is 0.193 e. The molecule has 40 valence electrons. The molecular weight excluding hydrogens is 90.1 g/mol. The first-order chi connectivity index (χ1) is 3.31. The average molecular weight is 100 g/mol. The lowest BCUT2D eigenvalue weighted by atomic mass is 10.8. The van der Waals surface area contributed by atoms with Crippen molar-refractivity contribution in [2.24, 2.45) is 5.73 Å². The van der Waals surface area contributed by atoms with Crippen LogP contribution in [0.25, 0.3) is 0 Å². The van der Waals surface area contributed by atoms with Gasteiger partial charge in [-0.3, -0.25) is 5.73 Å². The highest BCUT2D eigenvalue weighted by Crippen LogP contribution is 1.49. The van der Waals surface area contributed by atoms with Crippen LogP contribution in [0, 0.1) is 5.41 Å². The van der Waals surface area contributed by atoms with E-state index < -0.39 is 0 Å². The summed E-state index contributed by atoms with van der Waals surface area (Å²) >= 11 is 0. The van der Waals surface area contributed by atoms with Crippen molar-refractivity contribution in [2.75, 3.05) is 13.7 Å². The zero-order valence-corrected chi connectivity index (χ0v) is 4.39. The first kappa shape index (κ1) is 6.30. The fourth-order valence-electron chi connectivity index (χ4n) is 0.188. The summed E-state index contributed by atoms with van der Waals surface area (Å²) in [5.41, 5.74) is 5.15. The summed E-state index contributed by atoms with van der Waals surface area (Å²) in [5.74, 6) is 0. The average Bonchev–Trinajstić information content (AvgIpc) is 1.68. The van der Waals surface area contributed by atoms with Crippen LogP contribution < -0.4 is 5.73 Å². The van der Waals surface area contributed by atoms with E-state index in [1.54, 1.807) is 10.8 Å². The highest BCUT2D eigenvalue weighted by Gasteiger charge is 1.80. The minimum atomic E-state index is 0.468. The minimum Gasteiger partial charge on any atom is -0.303 e. The molecule has 0 unspecified atom stereocenters. The van der Waals surface area contributed by atoms with Crippen LogP contribution in [0.4, 0.5) is 0 Å². The molecule has 0 aromatic carbocycles. The van der Waals surface area contributed by atoms with Crippen LogP contribution in [0.2, 0.25) is 0 Å². The number of nitrogens with two attached hydrogens (primary N) is 1. The van der Waals surface area contributed by atoms with E-state index >= 15 is 0 Å². The number of hydrogen-bond donors (Lipinski definition) is 2. The molecule has 0 aromatic heterocycles. The van der Waals surface area contributed by atoms with Gasteiger partial charge >= 0.3 is 0 Å². The second-order valence-electron chi connectivity index (χ2n) is 1.26. The Labute approximate surface area is 43.0 Å². The highest BCUT2D eigenvalue weighted by atomic mass is 15.0. The predicted octanol–water partition coefficient (Wildman–Crippen LogP) is -0.735. The van der Waals surface area contributed by atoms with Crippen molar-refractivity contribution in [3.05, 3.63) is 0 Å². The van der Waals surface area contributed by atoms with Gasteiger partial charge in [0.1, 0.15) is 7.05 Å². The Bertz CT molecular complexity index is 84.9. The molecule has 0 aliphatic carbocycles. The van der Waals surface area contributed by atoms with Gasteiger partial charge in [0.05, 0.1) is 6.21 Å². The smallest absolute Gasteiger partial charge is 0.193 e. The minimum absolute atomic E-state index is 0.468. The lowest BCUT2D eigenvalue weighted by molar-refractivity contribution is -0.489. The summed E-state index contributed by atoms with van der Waals surface area (Å²) in [7, 11) is 1.81. The molecule has 0 rings (SSSR count). The monoisotopic (exact) mass is 100 g/mol. The second-order valence-corrected chi connectivity index (χ2v) is 1.26. The van der Waals surface area contributed by atoms with Crippen LogP contribution in [0.3, 0.4) is 0 Å². The third-order valence-electron chi connectivity index (χ3n) is 0.617. The Morgan fingerprint density at radius 3 is 2.57 bits per heavy atom. The van der Waals surface area contributed by atoms with Gasteiger partial charge in [0.25, 0.3) is 0 Å². The zero-order chi connectivity index (χ0) is 5.70. The Balaban J connectivity index is 3.49. The maximum absolute atomic E-state index is 6.56. The number of nitrogens with zero attached hydrogens (tertiary/aromatic N) is 1. The summed E-state index contributed by atoms with van der Waals surface area (Å²) in [6.45, 7) is 0.468. The highest BCUT2D eigenvalue weighted by molar-refractivity contribution is 6.11. The Morgan fingerprint density at radius 2 is 2.43 bits per heavy atom. The molecule has 3 N–H and O–H groups in total. The second kappa shape index (κ2) is 3.49. The van der Waals surface area contributed by atoms with Crippen molar-refractivity contribution in [1.29, 1.82) is 5.41 Å². The molecule has 0 saturated heterocycles. The van der Waals surface area contributed by atoms with Gasteiger partial charge in [-0.15, -0.1) is 0 Å². The first-order valence-electron chi connectivity index (χ1n) is 2.05. The molecule has 7 heavy (non-hydrogen) atoms. The number of hydrogen-bond acceptors (Lipinski definition) is 2. The molecule has 3 heteroatoms. The van der Waals surface area contributed by atoms with E-state index in [4.69, 9.17) is 11.1 Å². The van der Waals surface area contributed by atoms with Crippen LogP contribution in [0.15, 0.2) is 0 Å². The zero-order valence-electron chi connectivity index (χ0n) is 4.39. The van der Waals surface area contributed by atoms with E-state index in [9.17, 15) is 0 Å². The number of rotatable bonds is 2. The predicted molar refractivity (Wildman–Crippen MR) is 30.1 cm³/mol. The molecule has 0 saturated carbocycles. The van der Waals surface area contributed by atoms with E-state index in [1.165, 1.54) is 6.21 Å². The van der Waals surface area contributed by atoms with Crippen LogP contribution in [0.1, 0.15) is 0 Å². The topological polar surface area (TPSA) is 52.9 Å². The fraction of sp³-hybridized carbons (Fsp3) is 0.500. The summed E-state index contributed by atoms with van der Waals surface area (Å²) in [6, 6.07) is 0. The lowest BCUT2D eigenvalue weighted by Crippen LogP contribution is -2.16. The fourth-order valence-corrected chi connectivity index (χ4v) is 0.188. The molecule has 0 atom stereocenters. The molecule has 0 bridgehead atoms. The summed E-state index contributed by atoms with van der Waals surface area (Å²) in [5, 5.41) is 6.56. The van der Waals surface area contributed by atoms with Gasteiger partial charge in [-0.05, 0) is 0 Å². The largest absolute Gasteiger partial charge is 0.303 e. The van der Waals surface area contributed by atoms with E-state index in [0.717, 1.165) is 0 Å². The molecule has 0 aliphatic rings. The third-order valence-corrected chi connectivity index (χ3v) is 0.617. The first-order valence-corrected chi connectivity index (χ1v) is 2.05. The molecule has 0 heterocycles. The van der Waals surface area contributed by atoms with Crippen LogP contribution >= 0.6 is 0 Å². The SMILES string of the molecule is C/[N+](=C/C=N)CN. The lowest BCUT2D eigenvalue weighted by Gasteiger charge is -1.82. The van der Waals surface area contributed by atoms with Crippen molar-refractivity contribution < 1.29 is 4.58 Å². The Hall–Kier alpha value is -0.700. The van der Waals surface area contributed by atoms with Gasteiger partial charge in [-0.2, -0.15) is 0 Å². The molecule has 0 radical (unpaired) electrons. The van der Waals surface area contributed by atoms with Gasteiger partial charge < -0.3 is 5.41 Å². The molecular formula is C4H10N3+. The molecule has 0 spiro atoms. The van der Waals surface area contributed by atoms with Crippen molar-refractivity contribution in [3.63, 3.8) is 0 Å². The van der Waals surface area contributed by atoms with E-state index in [0.29, 0.717) is 6.67 Å². The van der Waals surface area contributed by atoms with Gasteiger partial charge in [-0.1, -0.05) is 0 Å². The normalized spacial score (nSPS) is 11.4. The van der Waals surface area contributed by atoms with Crippen LogP contribution in [0.5, 0.6) is 0 Å². The van der Waals surface area contributed by atoms with Gasteiger partial charge in [0.15, 0.2) is 12.9 Å². The van der Waals surface area contributed by atoms with E-state index in [1.807, 2.05) is 7.05 Å². The molecule has 0 amide bonds. The van der Waals surface area contributed by atoms with Crippen molar-refractivity contribution in [3.8, 4) is 0 Å². The number of nitrogens with one attached hydrogen (secondary N) is 1. The van der Waals surface area contributed by atoms with E-state index in [2.05, 4.69) is 0 Å². The van der Waals surface area contributed by atoms with Crippen LogP contribution in [-0.4, -0.2) is 30.7 Å². The molecule has 0 aliphatic heterocycles. The van der Waals surface area contributed by atoms with Gasteiger partial charge in [-0.25, -0.2) is 4.58 Å². The standard InChI is InChI=1S/C4H10N3/c1-7(4-6)3-2-5/h2-3,5H,4,6H2,1H3/q+1/b5-2?,7-3-. The van der Waals surface area contributed by atoms with Crippen molar-refractivity contribution in [2.45, 2.75) is 0 Å². The van der Waals surface area contributed by atoms with Gasteiger partial charge in [0.2, 0.25) is 0 Å². The summed E-state index contributed by atoms with van der Waals surface area (Å²) in [6.07, 6.45) is 2.80. The summed E-state index contributed by atoms with van der Waals surface area (Å²) < 4.78 is 1.72. The van der Waals surface area contributed by atoms with Crippen molar-refractivity contribution in [1.82, 2.24) is 0 Å². The maximum atomic E-state index is 6.56. The third kappa shape index (κ3) is 3.12. The van der Waals surface area contributed by atoms with Crippen molar-refractivity contribution >= 4 is 12.4 Å².